The van der Waals surface area contributed by atoms with Gasteiger partial charge in [0.05, 0.1) is 5.69 Å². The predicted molar refractivity (Wildman–Crippen MR) is 63.0 cm³/mol. The van der Waals surface area contributed by atoms with Gasteiger partial charge in [-0.25, -0.2) is 0 Å². The molecular formula is C13H18N2O. The van der Waals surface area contributed by atoms with Crippen molar-refractivity contribution < 1.29 is 4.79 Å². The Morgan fingerprint density at radius 2 is 2.25 bits per heavy atom. The van der Waals surface area contributed by atoms with Crippen molar-refractivity contribution >= 4 is 5.78 Å². The number of carbonyl (C=O) groups excluding carboxylic acids is 1. The topological polar surface area (TPSA) is 33.2 Å². The highest BCUT2D eigenvalue weighted by molar-refractivity contribution is 5.80. The van der Waals surface area contributed by atoms with Crippen LogP contribution in [0.1, 0.15) is 32.4 Å². The molecule has 0 aromatic carbocycles. The van der Waals surface area contributed by atoms with E-state index in [1.54, 1.807) is 0 Å². The van der Waals surface area contributed by atoms with Crippen molar-refractivity contribution in [1.29, 1.82) is 0 Å². The highest BCUT2D eigenvalue weighted by atomic mass is 16.1. The molecule has 3 heteroatoms. The molecule has 86 valence electrons. The monoisotopic (exact) mass is 218 g/mol. The molecule has 0 amide bonds. The Balaban J connectivity index is 2.07. The van der Waals surface area contributed by atoms with Gasteiger partial charge >= 0.3 is 0 Å². The van der Waals surface area contributed by atoms with E-state index in [2.05, 4.69) is 23.7 Å². The molecule has 2 rings (SSSR count). The third-order valence-electron chi connectivity index (χ3n) is 3.23. The summed E-state index contributed by atoms with van der Waals surface area (Å²) in [6.45, 7) is 5.95. The first kappa shape index (κ1) is 11.3. The van der Waals surface area contributed by atoms with Crippen LogP contribution < -0.4 is 0 Å². The Bertz CT molecular complexity index is 373. The van der Waals surface area contributed by atoms with Crippen LogP contribution in [0, 0.1) is 0 Å². The lowest BCUT2D eigenvalue weighted by Gasteiger charge is -2.41. The van der Waals surface area contributed by atoms with E-state index < -0.39 is 0 Å². The summed E-state index contributed by atoms with van der Waals surface area (Å²) in [6.07, 6.45) is 3.15. The predicted octanol–water partition coefficient (Wildman–Crippen LogP) is 2.03. The molecule has 0 radical (unpaired) electrons. The highest BCUT2D eigenvalue weighted by Crippen LogP contribution is 2.26. The van der Waals surface area contributed by atoms with Crippen molar-refractivity contribution in [2.45, 2.75) is 38.8 Å². The third kappa shape index (κ3) is 2.47. The summed E-state index contributed by atoms with van der Waals surface area (Å²) in [5.41, 5.74) is 1.04. The average Bonchev–Trinajstić information content (AvgIpc) is 2.23. The summed E-state index contributed by atoms with van der Waals surface area (Å²) < 4.78 is 0. The average molecular weight is 218 g/mol. The third-order valence-corrected chi connectivity index (χ3v) is 3.23. The normalized spacial score (nSPS) is 21.0. The number of pyridine rings is 1. The van der Waals surface area contributed by atoms with Gasteiger partial charge in [0.2, 0.25) is 0 Å². The van der Waals surface area contributed by atoms with Crippen molar-refractivity contribution in [3.05, 3.63) is 30.1 Å². The van der Waals surface area contributed by atoms with E-state index in [1.807, 2.05) is 24.4 Å². The SMILES string of the molecule is CC1(C)CC(=O)CCN1Cc1ccccn1. The molecule has 0 unspecified atom stereocenters. The van der Waals surface area contributed by atoms with Crippen molar-refractivity contribution in [2.24, 2.45) is 0 Å². The molecule has 1 aromatic rings. The van der Waals surface area contributed by atoms with Crippen molar-refractivity contribution in [3.63, 3.8) is 0 Å². The first-order valence-electron chi connectivity index (χ1n) is 5.74. The summed E-state index contributed by atoms with van der Waals surface area (Å²) in [5, 5.41) is 0. The minimum absolute atomic E-state index is 0.0349. The molecule has 1 fully saturated rings. The van der Waals surface area contributed by atoms with Crippen molar-refractivity contribution in [2.75, 3.05) is 6.54 Å². The molecule has 0 spiro atoms. The second kappa shape index (κ2) is 4.34. The molecule has 0 atom stereocenters. The van der Waals surface area contributed by atoms with Gasteiger partial charge in [-0.15, -0.1) is 0 Å². The summed E-state index contributed by atoms with van der Waals surface area (Å²) in [7, 11) is 0. The van der Waals surface area contributed by atoms with Crippen LogP contribution in [0.4, 0.5) is 0 Å². The van der Waals surface area contributed by atoms with Gasteiger partial charge in [-0.05, 0) is 26.0 Å². The number of likely N-dealkylation sites (tertiary alicyclic amines) is 1. The maximum atomic E-state index is 11.4. The van der Waals surface area contributed by atoms with Gasteiger partial charge in [0, 0.05) is 37.7 Å². The van der Waals surface area contributed by atoms with Crippen molar-refractivity contribution in [1.82, 2.24) is 9.88 Å². The Labute approximate surface area is 96.5 Å². The largest absolute Gasteiger partial charge is 0.300 e. The fraction of sp³-hybridized carbons (Fsp3) is 0.538. The summed E-state index contributed by atoms with van der Waals surface area (Å²) in [5.74, 6) is 0.377. The lowest BCUT2D eigenvalue weighted by atomic mass is 9.89. The number of nitrogens with zero attached hydrogens (tertiary/aromatic N) is 2. The van der Waals surface area contributed by atoms with E-state index >= 15 is 0 Å². The van der Waals surface area contributed by atoms with Gasteiger partial charge in [0.25, 0.3) is 0 Å². The molecule has 1 saturated heterocycles. The molecular weight excluding hydrogens is 200 g/mol. The van der Waals surface area contributed by atoms with E-state index in [9.17, 15) is 4.79 Å². The van der Waals surface area contributed by atoms with Gasteiger partial charge in [0.15, 0.2) is 0 Å². The zero-order valence-electron chi connectivity index (χ0n) is 9.94. The van der Waals surface area contributed by atoms with Crippen molar-refractivity contribution in [3.8, 4) is 0 Å². The second-order valence-corrected chi connectivity index (χ2v) is 5.02. The van der Waals surface area contributed by atoms with Gasteiger partial charge in [-0.1, -0.05) is 6.07 Å². The van der Waals surface area contributed by atoms with Gasteiger partial charge < -0.3 is 0 Å². The Morgan fingerprint density at radius 3 is 2.88 bits per heavy atom. The molecule has 3 nitrogen and oxygen atoms in total. The minimum Gasteiger partial charge on any atom is -0.300 e. The molecule has 2 heterocycles. The van der Waals surface area contributed by atoms with E-state index in [0.717, 1.165) is 18.8 Å². The summed E-state index contributed by atoms with van der Waals surface area (Å²) in [4.78, 5) is 18.1. The number of ketones is 1. The molecule has 16 heavy (non-hydrogen) atoms. The van der Waals surface area contributed by atoms with Crippen LogP contribution in [0.2, 0.25) is 0 Å². The van der Waals surface area contributed by atoms with Gasteiger partial charge in [-0.2, -0.15) is 0 Å². The first-order chi connectivity index (χ1) is 7.58. The number of carbonyl (C=O) groups is 1. The maximum Gasteiger partial charge on any atom is 0.136 e. The Kier molecular flexibility index (Phi) is 3.06. The molecule has 1 aliphatic heterocycles. The smallest absolute Gasteiger partial charge is 0.136 e. The van der Waals surface area contributed by atoms with Crippen LogP contribution in [0.25, 0.3) is 0 Å². The standard InChI is InChI=1S/C13H18N2O/c1-13(2)9-12(16)6-8-15(13)10-11-5-3-4-7-14-11/h3-5,7H,6,8-10H2,1-2H3. The molecule has 0 saturated carbocycles. The van der Waals surface area contributed by atoms with Crippen LogP contribution in [0.15, 0.2) is 24.4 Å². The number of piperidine rings is 1. The van der Waals surface area contributed by atoms with Crippen LogP contribution >= 0.6 is 0 Å². The molecule has 0 N–H and O–H groups in total. The molecule has 1 aliphatic rings. The number of aromatic nitrogens is 1. The Hall–Kier alpha value is -1.22. The van der Waals surface area contributed by atoms with Crippen LogP contribution in [0.3, 0.4) is 0 Å². The minimum atomic E-state index is -0.0349. The summed E-state index contributed by atoms with van der Waals surface area (Å²) >= 11 is 0. The quantitative estimate of drug-likeness (QED) is 0.761. The lowest BCUT2D eigenvalue weighted by Crippen LogP contribution is -2.49. The molecule has 0 bridgehead atoms. The Morgan fingerprint density at radius 1 is 1.44 bits per heavy atom. The van der Waals surface area contributed by atoms with Crippen LogP contribution in [-0.2, 0) is 11.3 Å². The second-order valence-electron chi connectivity index (χ2n) is 5.02. The summed E-state index contributed by atoms with van der Waals surface area (Å²) in [6, 6.07) is 5.96. The fourth-order valence-electron chi connectivity index (χ4n) is 2.23. The van der Waals surface area contributed by atoms with E-state index in [-0.39, 0.29) is 5.54 Å². The number of hydrogen-bond acceptors (Lipinski definition) is 3. The van der Waals surface area contributed by atoms with Gasteiger partial charge in [0.1, 0.15) is 5.78 Å². The fourth-order valence-corrected chi connectivity index (χ4v) is 2.23. The molecule has 1 aromatic heterocycles. The maximum absolute atomic E-state index is 11.4. The lowest BCUT2D eigenvalue weighted by molar-refractivity contribution is -0.125. The number of Topliss-reactive ketones (excluding diaryl/α,β-unsaturated/α-hetero) is 1. The molecule has 0 aliphatic carbocycles. The van der Waals surface area contributed by atoms with Crippen LogP contribution in [0.5, 0.6) is 0 Å². The highest BCUT2D eigenvalue weighted by Gasteiger charge is 2.33. The number of rotatable bonds is 2. The van der Waals surface area contributed by atoms with E-state index in [0.29, 0.717) is 18.6 Å². The van der Waals surface area contributed by atoms with Crippen LogP contribution in [-0.4, -0.2) is 27.8 Å². The van der Waals surface area contributed by atoms with Gasteiger partial charge in [-0.3, -0.25) is 14.7 Å². The first-order valence-corrected chi connectivity index (χ1v) is 5.74. The zero-order valence-corrected chi connectivity index (χ0v) is 9.94. The number of hydrogen-bond donors (Lipinski definition) is 0. The zero-order chi connectivity index (χ0) is 11.6. The van der Waals surface area contributed by atoms with E-state index in [4.69, 9.17) is 0 Å². The van der Waals surface area contributed by atoms with E-state index in [1.165, 1.54) is 0 Å².